The van der Waals surface area contributed by atoms with E-state index in [0.29, 0.717) is 11.7 Å². The van der Waals surface area contributed by atoms with Gasteiger partial charge in [0.1, 0.15) is 5.75 Å². The Hall–Kier alpha value is -2.30. The first-order chi connectivity index (χ1) is 14.6. The summed E-state index contributed by atoms with van der Waals surface area (Å²) in [4.78, 5) is 6.33. The highest BCUT2D eigenvalue weighted by Gasteiger charge is 2.40. The summed E-state index contributed by atoms with van der Waals surface area (Å²) in [7, 11) is 0. The van der Waals surface area contributed by atoms with E-state index in [2.05, 4.69) is 34.1 Å². The van der Waals surface area contributed by atoms with Crippen molar-refractivity contribution in [3.05, 3.63) is 64.8 Å². The first-order valence-corrected chi connectivity index (χ1v) is 11.4. The minimum Gasteiger partial charge on any atom is -0.508 e. The van der Waals surface area contributed by atoms with Crippen LogP contribution in [0.4, 0.5) is 0 Å². The maximum Gasteiger partial charge on any atom is 0.115 e. The first-order valence-electron chi connectivity index (χ1n) is 11.4. The monoisotopic (exact) mass is 402 g/mol. The van der Waals surface area contributed by atoms with Gasteiger partial charge >= 0.3 is 0 Å². The van der Waals surface area contributed by atoms with Gasteiger partial charge in [-0.1, -0.05) is 18.2 Å². The summed E-state index contributed by atoms with van der Waals surface area (Å²) in [5, 5.41) is 20.9. The molecule has 0 bridgehead atoms. The van der Waals surface area contributed by atoms with Crippen LogP contribution in [0.15, 0.2) is 42.5 Å². The third-order valence-corrected chi connectivity index (χ3v) is 7.66. The van der Waals surface area contributed by atoms with Crippen LogP contribution in [0, 0.1) is 17.8 Å². The topological polar surface area (TPSA) is 59.5 Å². The Morgan fingerprint density at radius 3 is 2.73 bits per heavy atom. The number of benzene rings is 2. The number of aliphatic hydroxyl groups is 1. The molecule has 1 aromatic heterocycles. The summed E-state index contributed by atoms with van der Waals surface area (Å²) >= 11 is 0. The van der Waals surface area contributed by atoms with E-state index < -0.39 is 0 Å². The second kappa shape index (κ2) is 7.14. The highest BCUT2D eigenvalue weighted by Crippen LogP contribution is 2.40. The van der Waals surface area contributed by atoms with E-state index in [1.54, 1.807) is 6.07 Å². The number of likely N-dealkylation sites (tertiary alicyclic amines) is 1. The van der Waals surface area contributed by atoms with Crippen molar-refractivity contribution in [3.8, 4) is 5.75 Å². The molecule has 0 spiro atoms. The summed E-state index contributed by atoms with van der Waals surface area (Å²) in [5.74, 6) is 2.38. The number of rotatable bonds is 4. The maximum atomic E-state index is 9.77. The summed E-state index contributed by atoms with van der Waals surface area (Å²) < 4.78 is 0. The minimum atomic E-state index is -0.0424. The lowest BCUT2D eigenvalue weighted by molar-refractivity contribution is 0.102. The van der Waals surface area contributed by atoms with Crippen molar-refractivity contribution < 1.29 is 10.2 Å². The molecular weight excluding hydrogens is 372 g/mol. The van der Waals surface area contributed by atoms with Gasteiger partial charge in [0, 0.05) is 29.7 Å². The number of aromatic amines is 1. The average Bonchev–Trinajstić information content (AvgIpc) is 3.31. The van der Waals surface area contributed by atoms with Gasteiger partial charge in [-0.15, -0.1) is 0 Å². The van der Waals surface area contributed by atoms with Gasteiger partial charge in [0.2, 0.25) is 0 Å². The number of aliphatic hydroxyl groups excluding tert-OH is 1. The predicted octanol–water partition coefficient (Wildman–Crippen LogP) is 3.88. The van der Waals surface area contributed by atoms with Crippen molar-refractivity contribution in [3.63, 3.8) is 0 Å². The van der Waals surface area contributed by atoms with Gasteiger partial charge in [-0.25, -0.2) is 0 Å². The van der Waals surface area contributed by atoms with Crippen molar-refractivity contribution in [2.24, 2.45) is 17.8 Å². The van der Waals surface area contributed by atoms with Crippen LogP contribution in [0.3, 0.4) is 0 Å². The molecule has 156 valence electrons. The number of aromatic hydroxyl groups is 1. The molecule has 0 radical (unpaired) electrons. The average molecular weight is 403 g/mol. The van der Waals surface area contributed by atoms with Gasteiger partial charge in [0.15, 0.2) is 0 Å². The summed E-state index contributed by atoms with van der Waals surface area (Å²) in [5.41, 5.74) is 6.68. The van der Waals surface area contributed by atoms with Crippen LogP contribution in [0.5, 0.6) is 5.75 Å². The number of phenolic OH excluding ortho intramolecular Hbond substituents is 1. The molecular formula is C26H30N2O2. The number of nitrogens with zero attached hydrogens (tertiary/aromatic N) is 1. The number of hydrogen-bond donors (Lipinski definition) is 3. The first kappa shape index (κ1) is 18.5. The number of phenols is 1. The van der Waals surface area contributed by atoms with Crippen molar-refractivity contribution in [2.45, 2.75) is 38.2 Å². The smallest absolute Gasteiger partial charge is 0.115 e. The van der Waals surface area contributed by atoms with Gasteiger partial charge in [-0.05, 0) is 97.4 Å². The quantitative estimate of drug-likeness (QED) is 0.621. The summed E-state index contributed by atoms with van der Waals surface area (Å²) in [6, 6.07) is 14.4. The largest absolute Gasteiger partial charge is 0.508 e. The normalized spacial score (nSPS) is 28.3. The van der Waals surface area contributed by atoms with Crippen LogP contribution >= 0.6 is 0 Å². The van der Waals surface area contributed by atoms with Gasteiger partial charge < -0.3 is 20.1 Å². The van der Waals surface area contributed by atoms with E-state index in [9.17, 15) is 10.2 Å². The Bertz CT molecular complexity index is 1090. The number of fused-ring (bicyclic) bond motifs is 4. The predicted molar refractivity (Wildman–Crippen MR) is 119 cm³/mol. The molecule has 1 saturated carbocycles. The fraction of sp³-hybridized carbons (Fsp3) is 0.462. The van der Waals surface area contributed by atoms with E-state index in [0.717, 1.165) is 36.8 Å². The molecule has 2 fully saturated rings. The van der Waals surface area contributed by atoms with Crippen LogP contribution in [0.2, 0.25) is 0 Å². The van der Waals surface area contributed by atoms with Gasteiger partial charge in [-0.2, -0.15) is 0 Å². The molecule has 3 aromatic rings. The summed E-state index contributed by atoms with van der Waals surface area (Å²) in [6.07, 6.45) is 5.42. The van der Waals surface area contributed by atoms with E-state index in [1.807, 2.05) is 12.1 Å². The summed E-state index contributed by atoms with van der Waals surface area (Å²) in [6.45, 7) is 3.45. The number of piperidine rings is 1. The molecule has 3 N–H and O–H groups in total. The second-order valence-electron chi connectivity index (χ2n) is 9.85. The molecule has 4 atom stereocenters. The highest BCUT2D eigenvalue weighted by molar-refractivity contribution is 5.85. The Kier molecular flexibility index (Phi) is 4.39. The zero-order valence-corrected chi connectivity index (χ0v) is 17.3. The van der Waals surface area contributed by atoms with Crippen molar-refractivity contribution >= 4 is 10.9 Å². The zero-order valence-electron chi connectivity index (χ0n) is 17.3. The Morgan fingerprint density at radius 2 is 1.90 bits per heavy atom. The molecule has 2 aromatic carbocycles. The number of hydrogen-bond acceptors (Lipinski definition) is 3. The van der Waals surface area contributed by atoms with Crippen LogP contribution in [0.25, 0.3) is 10.9 Å². The number of nitrogens with one attached hydrogen (secondary N) is 1. The Morgan fingerprint density at radius 1 is 1.03 bits per heavy atom. The molecule has 4 nitrogen and oxygen atoms in total. The lowest BCUT2D eigenvalue weighted by Gasteiger charge is -2.41. The van der Waals surface area contributed by atoms with E-state index in [1.165, 1.54) is 60.1 Å². The van der Waals surface area contributed by atoms with Crippen LogP contribution < -0.4 is 0 Å². The molecule has 3 aliphatic rings. The lowest BCUT2D eigenvalue weighted by atomic mass is 9.74. The standard InChI is InChI=1S/C26H30N2O2/c29-21-3-1-2-16(9-21)8-17-4-5-24-22(10-17)23-11-19-14-28(15-20-13-26(20)30)7-6-18(19)12-25(23)27-24/h1-5,9-10,18-20,26-27,29-30H,6-8,11-15H2. The van der Waals surface area contributed by atoms with Crippen LogP contribution in [0.1, 0.15) is 35.2 Å². The maximum absolute atomic E-state index is 9.77. The van der Waals surface area contributed by atoms with Gasteiger partial charge in [0.25, 0.3) is 0 Å². The third kappa shape index (κ3) is 3.42. The van der Waals surface area contributed by atoms with E-state index in [4.69, 9.17) is 0 Å². The fourth-order valence-corrected chi connectivity index (χ4v) is 5.88. The zero-order chi connectivity index (χ0) is 20.2. The van der Waals surface area contributed by atoms with Gasteiger partial charge in [0.05, 0.1) is 6.10 Å². The van der Waals surface area contributed by atoms with E-state index >= 15 is 0 Å². The van der Waals surface area contributed by atoms with Crippen molar-refractivity contribution in [1.29, 1.82) is 0 Å². The molecule has 4 heteroatoms. The fourth-order valence-electron chi connectivity index (χ4n) is 5.88. The number of aromatic nitrogens is 1. The van der Waals surface area contributed by atoms with Crippen molar-refractivity contribution in [2.75, 3.05) is 19.6 Å². The SMILES string of the molecule is Oc1cccc(Cc2ccc3[nH]c4c(c3c2)CC2CN(CC3CC3O)CCC2C4)c1. The number of H-pyrrole nitrogens is 1. The second-order valence-corrected chi connectivity index (χ2v) is 9.85. The molecule has 1 aliphatic heterocycles. The molecule has 6 rings (SSSR count). The Labute approximate surface area is 177 Å². The Balaban J connectivity index is 1.24. The molecule has 0 amide bonds. The third-order valence-electron chi connectivity index (χ3n) is 7.66. The van der Waals surface area contributed by atoms with Crippen LogP contribution in [-0.4, -0.2) is 45.8 Å². The van der Waals surface area contributed by atoms with E-state index in [-0.39, 0.29) is 6.10 Å². The van der Waals surface area contributed by atoms with Gasteiger partial charge in [-0.3, -0.25) is 0 Å². The molecule has 2 heterocycles. The molecule has 4 unspecified atom stereocenters. The minimum absolute atomic E-state index is 0.0424. The lowest BCUT2D eigenvalue weighted by Crippen LogP contribution is -2.44. The van der Waals surface area contributed by atoms with Crippen molar-refractivity contribution in [1.82, 2.24) is 9.88 Å². The molecule has 2 aliphatic carbocycles. The van der Waals surface area contributed by atoms with Crippen LogP contribution in [-0.2, 0) is 19.3 Å². The molecule has 1 saturated heterocycles. The molecule has 30 heavy (non-hydrogen) atoms. The highest BCUT2D eigenvalue weighted by atomic mass is 16.3.